The summed E-state index contributed by atoms with van der Waals surface area (Å²) in [7, 11) is 0. The van der Waals surface area contributed by atoms with E-state index in [0.717, 1.165) is 0 Å². The Bertz CT molecular complexity index is 192. The molecule has 0 saturated carbocycles. The normalized spacial score (nSPS) is 16.4. The third-order valence-corrected chi connectivity index (χ3v) is 2.49. The Morgan fingerprint density at radius 1 is 1.43 bits per heavy atom. The number of carbonyl (C=O) groups is 1. The minimum atomic E-state index is -0.801. The number of hydrogen-bond acceptors (Lipinski definition) is 3. The van der Waals surface area contributed by atoms with Gasteiger partial charge in [0, 0.05) is 18.2 Å². The van der Waals surface area contributed by atoms with Crippen molar-refractivity contribution in [1.82, 2.24) is 5.32 Å². The maximum absolute atomic E-state index is 10.7. The molecule has 0 saturated heterocycles. The highest BCUT2D eigenvalue weighted by Crippen LogP contribution is 2.12. The van der Waals surface area contributed by atoms with Gasteiger partial charge in [-0.3, -0.25) is 4.79 Å². The second kappa shape index (κ2) is 5.32. The minimum Gasteiger partial charge on any atom is -0.481 e. The highest BCUT2D eigenvalue weighted by Gasteiger charge is 2.25. The van der Waals surface area contributed by atoms with E-state index in [1.54, 1.807) is 6.92 Å². The maximum Gasteiger partial charge on any atom is 0.307 e. The number of hydrogen-bond donors (Lipinski definition) is 3. The predicted octanol–water partition coefficient (Wildman–Crippen LogP) is 0.846. The molecule has 0 radical (unpaired) electrons. The van der Waals surface area contributed by atoms with E-state index < -0.39 is 11.9 Å². The fourth-order valence-electron chi connectivity index (χ4n) is 1.31. The quantitative estimate of drug-likeness (QED) is 0.598. The largest absolute Gasteiger partial charge is 0.481 e. The van der Waals surface area contributed by atoms with Crippen LogP contribution >= 0.6 is 0 Å². The average Bonchev–Trinajstić information content (AvgIpc) is 2.01. The van der Waals surface area contributed by atoms with Crippen LogP contribution in [0.25, 0.3) is 0 Å². The first kappa shape index (κ1) is 13.4. The topological polar surface area (TPSA) is 69.6 Å². The molecule has 0 aromatic heterocycles. The van der Waals surface area contributed by atoms with Gasteiger partial charge in [-0.15, -0.1) is 0 Å². The molecule has 84 valence electrons. The Morgan fingerprint density at radius 2 is 1.93 bits per heavy atom. The summed E-state index contributed by atoms with van der Waals surface area (Å²) in [6, 6.07) is -0.103. The minimum absolute atomic E-state index is 0.103. The van der Waals surface area contributed by atoms with Crippen molar-refractivity contribution in [2.45, 2.75) is 45.7 Å². The van der Waals surface area contributed by atoms with Gasteiger partial charge < -0.3 is 15.5 Å². The molecule has 4 heteroatoms. The lowest BCUT2D eigenvalue weighted by molar-refractivity contribution is -0.142. The van der Waals surface area contributed by atoms with Gasteiger partial charge in [-0.25, -0.2) is 0 Å². The standard InChI is InChI=1S/C10H21NO3/c1-7(9(13)14)8(2)11-10(3,4)5-6-12/h7-8,11-12H,5-6H2,1-4H3,(H,13,14). The Morgan fingerprint density at radius 3 is 2.29 bits per heavy atom. The molecular formula is C10H21NO3. The molecule has 0 spiro atoms. The van der Waals surface area contributed by atoms with Gasteiger partial charge >= 0.3 is 5.97 Å². The molecule has 0 amide bonds. The third kappa shape index (κ3) is 4.58. The van der Waals surface area contributed by atoms with Gasteiger partial charge in [0.2, 0.25) is 0 Å². The summed E-state index contributed by atoms with van der Waals surface area (Å²) in [6.07, 6.45) is 0.615. The van der Waals surface area contributed by atoms with Crippen molar-refractivity contribution in [2.24, 2.45) is 5.92 Å². The third-order valence-electron chi connectivity index (χ3n) is 2.49. The molecule has 0 fully saturated rings. The number of aliphatic hydroxyl groups is 1. The van der Waals surface area contributed by atoms with Crippen molar-refractivity contribution in [2.75, 3.05) is 6.61 Å². The lowest BCUT2D eigenvalue weighted by atomic mass is 9.96. The number of nitrogens with one attached hydrogen (secondary N) is 1. The molecule has 0 rings (SSSR count). The van der Waals surface area contributed by atoms with Gasteiger partial charge in [0.25, 0.3) is 0 Å². The number of aliphatic hydroxyl groups excluding tert-OH is 1. The molecule has 0 bridgehead atoms. The summed E-state index contributed by atoms with van der Waals surface area (Å²) >= 11 is 0. The van der Waals surface area contributed by atoms with Gasteiger partial charge in [0.1, 0.15) is 0 Å². The van der Waals surface area contributed by atoms with Crippen LogP contribution in [0, 0.1) is 5.92 Å². The van der Waals surface area contributed by atoms with Crippen molar-refractivity contribution < 1.29 is 15.0 Å². The van der Waals surface area contributed by atoms with Gasteiger partial charge in [-0.05, 0) is 27.2 Å². The van der Waals surface area contributed by atoms with Crippen LogP contribution in [0.3, 0.4) is 0 Å². The smallest absolute Gasteiger partial charge is 0.307 e. The lowest BCUT2D eigenvalue weighted by Crippen LogP contribution is -2.49. The molecule has 0 aromatic rings. The first-order chi connectivity index (χ1) is 6.30. The van der Waals surface area contributed by atoms with E-state index in [-0.39, 0.29) is 18.2 Å². The van der Waals surface area contributed by atoms with Crippen LogP contribution in [0.15, 0.2) is 0 Å². The number of rotatable bonds is 6. The molecule has 2 unspecified atom stereocenters. The Labute approximate surface area is 85.3 Å². The molecule has 0 aliphatic heterocycles. The number of carboxylic acid groups (broad SMARTS) is 1. The molecule has 0 heterocycles. The van der Waals surface area contributed by atoms with E-state index in [2.05, 4.69) is 5.32 Å². The molecule has 2 atom stereocenters. The molecule has 0 aliphatic rings. The zero-order valence-electron chi connectivity index (χ0n) is 9.37. The number of carboxylic acids is 1. The van der Waals surface area contributed by atoms with Crippen molar-refractivity contribution in [3.05, 3.63) is 0 Å². The van der Waals surface area contributed by atoms with E-state index in [1.807, 2.05) is 20.8 Å². The summed E-state index contributed by atoms with van der Waals surface area (Å²) in [5.74, 6) is -1.22. The second-order valence-corrected chi connectivity index (χ2v) is 4.42. The maximum atomic E-state index is 10.7. The van der Waals surface area contributed by atoms with Crippen LogP contribution < -0.4 is 5.32 Å². The van der Waals surface area contributed by atoms with Gasteiger partial charge in [0.15, 0.2) is 0 Å². The monoisotopic (exact) mass is 203 g/mol. The molecule has 0 aliphatic carbocycles. The Balaban J connectivity index is 4.16. The van der Waals surface area contributed by atoms with Crippen LogP contribution in [0.2, 0.25) is 0 Å². The second-order valence-electron chi connectivity index (χ2n) is 4.42. The van der Waals surface area contributed by atoms with Crippen LogP contribution in [-0.4, -0.2) is 34.4 Å². The SMILES string of the molecule is CC(NC(C)(C)CCO)C(C)C(=O)O. The zero-order valence-corrected chi connectivity index (χ0v) is 9.37. The highest BCUT2D eigenvalue weighted by atomic mass is 16.4. The van der Waals surface area contributed by atoms with Crippen LogP contribution in [0.5, 0.6) is 0 Å². The Kier molecular flexibility index (Phi) is 5.08. The van der Waals surface area contributed by atoms with Crippen LogP contribution in [0.4, 0.5) is 0 Å². The first-order valence-electron chi connectivity index (χ1n) is 4.91. The highest BCUT2D eigenvalue weighted by molar-refractivity contribution is 5.70. The van der Waals surface area contributed by atoms with Crippen molar-refractivity contribution in [3.8, 4) is 0 Å². The van der Waals surface area contributed by atoms with E-state index >= 15 is 0 Å². The van der Waals surface area contributed by atoms with Crippen molar-refractivity contribution in [3.63, 3.8) is 0 Å². The molecule has 14 heavy (non-hydrogen) atoms. The van der Waals surface area contributed by atoms with Crippen LogP contribution in [0.1, 0.15) is 34.1 Å². The Hall–Kier alpha value is -0.610. The van der Waals surface area contributed by atoms with Gasteiger partial charge in [0.05, 0.1) is 5.92 Å². The summed E-state index contributed by atoms with van der Waals surface area (Å²) in [6.45, 7) is 7.53. The van der Waals surface area contributed by atoms with E-state index in [4.69, 9.17) is 10.2 Å². The van der Waals surface area contributed by atoms with Crippen LogP contribution in [-0.2, 0) is 4.79 Å². The summed E-state index contributed by atoms with van der Waals surface area (Å²) in [4.78, 5) is 10.7. The zero-order chi connectivity index (χ0) is 11.4. The molecule has 0 aromatic carbocycles. The summed E-state index contributed by atoms with van der Waals surface area (Å²) in [5, 5.41) is 20.8. The number of aliphatic carboxylic acids is 1. The van der Waals surface area contributed by atoms with Gasteiger partial charge in [-0.2, -0.15) is 0 Å². The van der Waals surface area contributed by atoms with E-state index in [1.165, 1.54) is 0 Å². The van der Waals surface area contributed by atoms with E-state index in [9.17, 15) is 4.79 Å². The summed E-state index contributed by atoms with van der Waals surface area (Å²) in [5.41, 5.74) is -0.224. The fraction of sp³-hybridized carbons (Fsp3) is 0.900. The van der Waals surface area contributed by atoms with Crippen molar-refractivity contribution >= 4 is 5.97 Å². The summed E-state index contributed by atoms with van der Waals surface area (Å²) < 4.78 is 0. The molecular weight excluding hydrogens is 182 g/mol. The fourth-order valence-corrected chi connectivity index (χ4v) is 1.31. The van der Waals surface area contributed by atoms with E-state index in [0.29, 0.717) is 6.42 Å². The predicted molar refractivity (Wildman–Crippen MR) is 55.2 cm³/mol. The molecule has 4 nitrogen and oxygen atoms in total. The van der Waals surface area contributed by atoms with Gasteiger partial charge in [-0.1, -0.05) is 6.92 Å². The molecule has 3 N–H and O–H groups in total. The average molecular weight is 203 g/mol. The lowest BCUT2D eigenvalue weighted by Gasteiger charge is -2.31. The first-order valence-corrected chi connectivity index (χ1v) is 4.91. The van der Waals surface area contributed by atoms with Crippen molar-refractivity contribution in [1.29, 1.82) is 0 Å².